The van der Waals surface area contributed by atoms with Crippen molar-refractivity contribution in [1.82, 2.24) is 4.90 Å². The van der Waals surface area contributed by atoms with Crippen molar-refractivity contribution in [2.75, 3.05) is 40.4 Å². The van der Waals surface area contributed by atoms with Crippen molar-refractivity contribution >= 4 is 17.4 Å². The van der Waals surface area contributed by atoms with Crippen LogP contribution >= 0.6 is 0 Å². The van der Waals surface area contributed by atoms with Gasteiger partial charge in [-0.3, -0.25) is 9.59 Å². The first-order chi connectivity index (χ1) is 16.4. The van der Waals surface area contributed by atoms with E-state index in [1.807, 2.05) is 52.2 Å². The van der Waals surface area contributed by atoms with E-state index in [1.54, 1.807) is 24.3 Å². The molecule has 0 aliphatic carbocycles. The van der Waals surface area contributed by atoms with Crippen LogP contribution < -0.4 is 19.5 Å². The highest BCUT2D eigenvalue weighted by atomic mass is 16.5. The Morgan fingerprint density at radius 1 is 0.912 bits per heavy atom. The minimum atomic E-state index is -0.735. The lowest BCUT2D eigenvalue weighted by Crippen LogP contribution is -3.06. The summed E-state index contributed by atoms with van der Waals surface area (Å²) >= 11 is 0. The maximum Gasteiger partial charge on any atom is 0.295 e. The molecule has 1 amide bonds. The summed E-state index contributed by atoms with van der Waals surface area (Å²) in [6, 6.07) is 13.3. The lowest BCUT2D eigenvalue weighted by molar-refractivity contribution is -0.857. The first kappa shape index (κ1) is 25.3. The molecule has 2 aromatic carbocycles. The van der Waals surface area contributed by atoms with E-state index in [1.165, 1.54) is 4.90 Å². The van der Waals surface area contributed by atoms with Crippen LogP contribution in [0, 0.1) is 0 Å². The van der Waals surface area contributed by atoms with Crippen molar-refractivity contribution in [2.45, 2.75) is 32.7 Å². The molecule has 3 rings (SSSR count). The number of ketones is 1. The standard InChI is InChI=1S/C27H34N2O5/c1-5-17-33-21-11-7-19(8-12-21)24-23(26(31)27(32)29(24)16-15-28(3)4)25(30)20-9-13-22(14-10-20)34-18-6-2/h7-14,24,30H,5-6,15-18H2,1-4H3. The van der Waals surface area contributed by atoms with E-state index in [0.717, 1.165) is 17.7 Å². The molecule has 0 bridgehead atoms. The molecular weight excluding hydrogens is 432 g/mol. The summed E-state index contributed by atoms with van der Waals surface area (Å²) in [4.78, 5) is 28.7. The third kappa shape index (κ3) is 5.78. The monoisotopic (exact) mass is 466 g/mol. The predicted octanol–water partition coefficient (Wildman–Crippen LogP) is 1.63. The van der Waals surface area contributed by atoms with Crippen molar-refractivity contribution in [3.8, 4) is 11.5 Å². The summed E-state index contributed by atoms with van der Waals surface area (Å²) in [6.07, 6.45) is 1.77. The van der Waals surface area contributed by atoms with Crippen LogP contribution in [-0.4, -0.2) is 57.0 Å². The average molecular weight is 467 g/mol. The second kappa shape index (κ2) is 11.7. The highest BCUT2D eigenvalue weighted by molar-refractivity contribution is 6.46. The molecule has 2 aromatic rings. The number of Topliss-reactive ketones (excluding diaryl/α,β-unsaturated/α-hetero) is 1. The number of likely N-dealkylation sites (N-methyl/N-ethyl adjacent to an activating group) is 1. The molecule has 1 unspecified atom stereocenters. The number of rotatable bonds is 11. The zero-order valence-electron chi connectivity index (χ0n) is 20.4. The molecule has 0 aromatic heterocycles. The first-order valence-corrected chi connectivity index (χ1v) is 11.9. The van der Waals surface area contributed by atoms with Gasteiger partial charge in [0.2, 0.25) is 5.78 Å². The Bertz CT molecular complexity index is 1010. The molecule has 1 aliphatic rings. The number of carbonyl (C=O) groups is 2. The van der Waals surface area contributed by atoms with Crippen LogP contribution in [0.2, 0.25) is 0 Å². The van der Waals surface area contributed by atoms with Gasteiger partial charge in [0, 0.05) is 5.57 Å². The molecule has 34 heavy (non-hydrogen) atoms. The molecule has 1 fully saturated rings. The Morgan fingerprint density at radius 2 is 1.44 bits per heavy atom. The highest BCUT2D eigenvalue weighted by Gasteiger charge is 2.44. The summed E-state index contributed by atoms with van der Waals surface area (Å²) in [5.74, 6) is -0.435. The summed E-state index contributed by atoms with van der Waals surface area (Å²) in [7, 11) is 3.96. The average Bonchev–Trinajstić information content (AvgIpc) is 3.10. The largest absolute Gasteiger partial charge is 0.872 e. The normalized spacial score (nSPS) is 17.4. The Kier molecular flexibility index (Phi) is 8.71. The fraction of sp³-hybridized carbons (Fsp3) is 0.407. The van der Waals surface area contributed by atoms with Crippen LogP contribution in [0.4, 0.5) is 0 Å². The van der Waals surface area contributed by atoms with Gasteiger partial charge in [0.1, 0.15) is 11.5 Å². The second-order valence-electron chi connectivity index (χ2n) is 8.72. The number of amides is 1. The number of likely N-dealkylation sites (tertiary alicyclic amines) is 1. The van der Waals surface area contributed by atoms with Gasteiger partial charge in [-0.15, -0.1) is 0 Å². The van der Waals surface area contributed by atoms with Crippen molar-refractivity contribution in [1.29, 1.82) is 0 Å². The topological polar surface area (TPSA) is 83.3 Å². The smallest absolute Gasteiger partial charge is 0.295 e. The molecule has 7 nitrogen and oxygen atoms in total. The van der Waals surface area contributed by atoms with Gasteiger partial charge in [-0.1, -0.05) is 43.9 Å². The van der Waals surface area contributed by atoms with Crippen LogP contribution in [0.15, 0.2) is 54.1 Å². The number of ether oxygens (including phenoxy) is 2. The Hall–Kier alpha value is -3.32. The summed E-state index contributed by atoms with van der Waals surface area (Å²) in [6.45, 7) is 6.25. The molecule has 1 aliphatic heterocycles. The van der Waals surface area contributed by atoms with Crippen LogP contribution in [0.1, 0.15) is 43.9 Å². The molecular formula is C27H34N2O5. The predicted molar refractivity (Wildman–Crippen MR) is 129 cm³/mol. The van der Waals surface area contributed by atoms with Gasteiger partial charge in [0.05, 0.1) is 46.4 Å². The third-order valence-corrected chi connectivity index (χ3v) is 5.64. The number of quaternary nitrogens is 1. The number of nitrogens with zero attached hydrogens (tertiary/aromatic N) is 1. The van der Waals surface area contributed by atoms with Gasteiger partial charge in [-0.25, -0.2) is 0 Å². The SMILES string of the molecule is CCCOc1ccc(C([O-])=C2C(=O)C(=O)N(CC[NH+](C)C)C2c2ccc(OCCC)cc2)cc1. The van der Waals surface area contributed by atoms with Gasteiger partial charge in [0.15, 0.2) is 0 Å². The molecule has 1 saturated heterocycles. The molecule has 182 valence electrons. The quantitative estimate of drug-likeness (QED) is 0.309. The number of nitrogens with one attached hydrogen (secondary N) is 1. The van der Waals surface area contributed by atoms with E-state index in [9.17, 15) is 14.7 Å². The minimum absolute atomic E-state index is 0.0109. The summed E-state index contributed by atoms with van der Waals surface area (Å²) < 4.78 is 11.3. The molecule has 0 saturated carbocycles. The molecule has 1 heterocycles. The summed E-state index contributed by atoms with van der Waals surface area (Å²) in [5.41, 5.74) is 1.05. The number of hydrogen-bond donors (Lipinski definition) is 1. The Labute approximate surface area is 201 Å². The van der Waals surface area contributed by atoms with Crippen LogP contribution in [0.25, 0.3) is 5.76 Å². The fourth-order valence-corrected chi connectivity index (χ4v) is 3.84. The van der Waals surface area contributed by atoms with Crippen molar-refractivity contribution in [3.05, 3.63) is 65.2 Å². The number of benzene rings is 2. The maximum atomic E-state index is 13.5. The van der Waals surface area contributed by atoms with Gasteiger partial charge < -0.3 is 24.4 Å². The Morgan fingerprint density at radius 3 is 1.94 bits per heavy atom. The van der Waals surface area contributed by atoms with E-state index < -0.39 is 23.5 Å². The van der Waals surface area contributed by atoms with Gasteiger partial charge in [0.25, 0.3) is 5.91 Å². The first-order valence-electron chi connectivity index (χ1n) is 11.9. The lowest BCUT2D eigenvalue weighted by Gasteiger charge is -2.28. The van der Waals surface area contributed by atoms with E-state index in [-0.39, 0.29) is 5.57 Å². The molecule has 0 spiro atoms. The van der Waals surface area contributed by atoms with Crippen LogP contribution in [0.3, 0.4) is 0 Å². The van der Waals surface area contributed by atoms with Crippen LogP contribution in [0.5, 0.6) is 11.5 Å². The van der Waals surface area contributed by atoms with Gasteiger partial charge >= 0.3 is 0 Å². The van der Waals surface area contributed by atoms with Crippen molar-refractivity contribution < 1.29 is 29.1 Å². The van der Waals surface area contributed by atoms with Crippen molar-refractivity contribution in [3.63, 3.8) is 0 Å². The molecule has 1 atom stereocenters. The molecule has 0 radical (unpaired) electrons. The summed E-state index contributed by atoms with van der Waals surface area (Å²) in [5, 5.41) is 13.5. The van der Waals surface area contributed by atoms with E-state index >= 15 is 0 Å². The molecule has 7 heteroatoms. The highest BCUT2D eigenvalue weighted by Crippen LogP contribution is 2.39. The van der Waals surface area contributed by atoms with Gasteiger partial charge in [-0.2, -0.15) is 0 Å². The number of carbonyl (C=O) groups excluding carboxylic acids is 2. The molecule has 1 N–H and O–H groups in total. The minimum Gasteiger partial charge on any atom is -0.872 e. The van der Waals surface area contributed by atoms with E-state index in [4.69, 9.17) is 9.47 Å². The lowest BCUT2D eigenvalue weighted by atomic mass is 9.95. The fourth-order valence-electron chi connectivity index (χ4n) is 3.84. The number of hydrogen-bond acceptors (Lipinski definition) is 5. The maximum absolute atomic E-state index is 13.5. The third-order valence-electron chi connectivity index (χ3n) is 5.64. The van der Waals surface area contributed by atoms with E-state index in [2.05, 4.69) is 0 Å². The Balaban J connectivity index is 2.01. The zero-order valence-corrected chi connectivity index (χ0v) is 20.4. The van der Waals surface area contributed by atoms with Gasteiger partial charge in [-0.05, 0) is 48.2 Å². The van der Waals surface area contributed by atoms with Crippen LogP contribution in [-0.2, 0) is 9.59 Å². The second-order valence-corrected chi connectivity index (χ2v) is 8.72. The zero-order chi connectivity index (χ0) is 24.7. The van der Waals surface area contributed by atoms with E-state index in [0.29, 0.717) is 48.9 Å². The van der Waals surface area contributed by atoms with Crippen molar-refractivity contribution in [2.24, 2.45) is 0 Å².